The number of carbonyl (C=O) groups excluding carboxylic acids is 1. The van der Waals surface area contributed by atoms with Gasteiger partial charge in [-0.05, 0) is 56.4 Å². The van der Waals surface area contributed by atoms with Crippen LogP contribution < -0.4 is 10.1 Å². The third-order valence-corrected chi connectivity index (χ3v) is 3.95. The Morgan fingerprint density at radius 3 is 2.59 bits per heavy atom. The third-order valence-electron chi connectivity index (χ3n) is 3.95. The first-order valence-corrected chi connectivity index (χ1v) is 7.90. The average molecular weight is 307 g/mol. The Hall–Kier alpha value is -1.59. The van der Waals surface area contributed by atoms with E-state index in [0.717, 1.165) is 18.6 Å². The number of hydrogen-bond donors (Lipinski definition) is 2. The quantitative estimate of drug-likeness (QED) is 0.772. The van der Waals surface area contributed by atoms with Crippen LogP contribution in [0.2, 0.25) is 0 Å². The van der Waals surface area contributed by atoms with Gasteiger partial charge in [0.25, 0.3) is 5.91 Å². The van der Waals surface area contributed by atoms with Gasteiger partial charge in [-0.15, -0.1) is 0 Å². The minimum absolute atomic E-state index is 0.0992. The number of rotatable bonds is 8. The molecule has 1 saturated carbocycles. The van der Waals surface area contributed by atoms with Gasteiger partial charge < -0.3 is 19.9 Å². The van der Waals surface area contributed by atoms with Gasteiger partial charge in [-0.2, -0.15) is 0 Å². The summed E-state index contributed by atoms with van der Waals surface area (Å²) >= 11 is 0. The highest BCUT2D eigenvalue weighted by Gasteiger charge is 2.17. The normalized spacial score (nSPS) is 16.5. The molecule has 5 heteroatoms. The molecule has 1 aliphatic carbocycles. The average Bonchev–Trinajstić information content (AvgIpc) is 3.05. The lowest BCUT2D eigenvalue weighted by molar-refractivity contribution is 0.0894. The van der Waals surface area contributed by atoms with Crippen molar-refractivity contribution < 1.29 is 19.4 Å². The summed E-state index contributed by atoms with van der Waals surface area (Å²) in [6.45, 7) is 0.400. The number of hydrogen-bond acceptors (Lipinski definition) is 4. The van der Waals surface area contributed by atoms with Crippen molar-refractivity contribution >= 4 is 5.91 Å². The Morgan fingerprint density at radius 1 is 1.32 bits per heavy atom. The largest absolute Gasteiger partial charge is 0.490 e. The Bertz CT molecular complexity index is 454. The maximum Gasteiger partial charge on any atom is 0.251 e. The van der Waals surface area contributed by atoms with E-state index in [9.17, 15) is 9.90 Å². The van der Waals surface area contributed by atoms with Crippen molar-refractivity contribution in [2.45, 2.75) is 44.2 Å². The third kappa shape index (κ3) is 5.00. The van der Waals surface area contributed by atoms with Crippen LogP contribution in [0.25, 0.3) is 0 Å². The summed E-state index contributed by atoms with van der Waals surface area (Å²) in [5.74, 6) is 0.615. The summed E-state index contributed by atoms with van der Waals surface area (Å²) in [5.41, 5.74) is 0.564. The van der Waals surface area contributed by atoms with E-state index in [1.54, 1.807) is 19.2 Å². The van der Waals surface area contributed by atoms with E-state index in [1.807, 2.05) is 12.1 Å². The highest BCUT2D eigenvalue weighted by Crippen LogP contribution is 2.24. The van der Waals surface area contributed by atoms with Gasteiger partial charge in [0.2, 0.25) is 0 Å². The standard InChI is InChI=1S/C17H25NO4/c1-21-11-10-14(12-19)18-17(20)13-6-8-16(9-7-13)22-15-4-2-3-5-15/h6-9,14-15,19H,2-5,10-12H2,1H3,(H,18,20)/t14-/m0/s1. The van der Waals surface area contributed by atoms with Crippen molar-refractivity contribution in [1.82, 2.24) is 5.32 Å². The van der Waals surface area contributed by atoms with Crippen LogP contribution in [0.15, 0.2) is 24.3 Å². The summed E-state index contributed by atoms with van der Waals surface area (Å²) in [4.78, 5) is 12.1. The number of nitrogens with one attached hydrogen (secondary N) is 1. The van der Waals surface area contributed by atoms with Crippen LogP contribution in [0.3, 0.4) is 0 Å². The molecule has 0 heterocycles. The Kier molecular flexibility index (Phi) is 6.68. The lowest BCUT2D eigenvalue weighted by atomic mass is 10.1. The van der Waals surface area contributed by atoms with Gasteiger partial charge in [0.15, 0.2) is 0 Å². The number of aliphatic hydroxyl groups excluding tert-OH is 1. The van der Waals surface area contributed by atoms with Gasteiger partial charge in [0, 0.05) is 19.3 Å². The lowest BCUT2D eigenvalue weighted by Crippen LogP contribution is -2.38. The molecule has 1 aliphatic rings. The molecule has 0 aromatic heterocycles. The van der Waals surface area contributed by atoms with E-state index in [-0.39, 0.29) is 18.6 Å². The van der Waals surface area contributed by atoms with E-state index >= 15 is 0 Å². The number of carbonyl (C=O) groups is 1. The smallest absolute Gasteiger partial charge is 0.251 e. The summed E-state index contributed by atoms with van der Waals surface area (Å²) in [6.07, 6.45) is 5.58. The summed E-state index contributed by atoms with van der Waals surface area (Å²) in [5, 5.41) is 12.1. The van der Waals surface area contributed by atoms with Crippen LogP contribution in [-0.4, -0.2) is 43.5 Å². The first-order chi connectivity index (χ1) is 10.7. The van der Waals surface area contributed by atoms with Crippen molar-refractivity contribution in [3.05, 3.63) is 29.8 Å². The molecular weight excluding hydrogens is 282 g/mol. The molecule has 2 rings (SSSR count). The molecule has 0 saturated heterocycles. The molecule has 22 heavy (non-hydrogen) atoms. The fourth-order valence-electron chi connectivity index (χ4n) is 2.62. The van der Waals surface area contributed by atoms with E-state index < -0.39 is 0 Å². The molecule has 1 fully saturated rings. The molecule has 122 valence electrons. The Morgan fingerprint density at radius 2 is 2.00 bits per heavy atom. The van der Waals surface area contributed by atoms with Gasteiger partial charge in [-0.1, -0.05) is 0 Å². The topological polar surface area (TPSA) is 67.8 Å². The SMILES string of the molecule is COCC[C@@H](CO)NC(=O)c1ccc(OC2CCCC2)cc1. The van der Waals surface area contributed by atoms with Gasteiger partial charge in [-0.3, -0.25) is 4.79 Å². The van der Waals surface area contributed by atoms with Crippen LogP contribution >= 0.6 is 0 Å². The fraction of sp³-hybridized carbons (Fsp3) is 0.588. The number of amides is 1. The second-order valence-electron chi connectivity index (χ2n) is 5.68. The van der Waals surface area contributed by atoms with Gasteiger partial charge in [0.1, 0.15) is 5.75 Å². The molecule has 0 aliphatic heterocycles. The zero-order valence-corrected chi connectivity index (χ0v) is 13.1. The predicted octanol–water partition coefficient (Wildman–Crippen LogP) is 2.14. The van der Waals surface area contributed by atoms with E-state index in [1.165, 1.54) is 12.8 Å². The molecule has 1 aromatic carbocycles. The summed E-state index contributed by atoms with van der Waals surface area (Å²) in [6, 6.07) is 6.88. The highest BCUT2D eigenvalue weighted by atomic mass is 16.5. The Labute approximate surface area is 131 Å². The molecule has 1 aromatic rings. The molecule has 0 spiro atoms. The monoisotopic (exact) mass is 307 g/mol. The second-order valence-corrected chi connectivity index (χ2v) is 5.68. The van der Waals surface area contributed by atoms with Crippen molar-refractivity contribution in [3.63, 3.8) is 0 Å². The van der Waals surface area contributed by atoms with Crippen LogP contribution in [-0.2, 0) is 4.74 Å². The molecule has 0 radical (unpaired) electrons. The van der Waals surface area contributed by atoms with Crippen molar-refractivity contribution in [2.24, 2.45) is 0 Å². The molecule has 0 unspecified atom stereocenters. The summed E-state index contributed by atoms with van der Waals surface area (Å²) in [7, 11) is 1.60. The van der Waals surface area contributed by atoms with Gasteiger partial charge in [0.05, 0.1) is 18.8 Å². The van der Waals surface area contributed by atoms with Crippen molar-refractivity contribution in [3.8, 4) is 5.75 Å². The van der Waals surface area contributed by atoms with Gasteiger partial charge in [-0.25, -0.2) is 0 Å². The van der Waals surface area contributed by atoms with Crippen LogP contribution in [0.1, 0.15) is 42.5 Å². The first-order valence-electron chi connectivity index (χ1n) is 7.90. The zero-order chi connectivity index (χ0) is 15.8. The predicted molar refractivity (Wildman–Crippen MR) is 84.2 cm³/mol. The molecule has 5 nitrogen and oxygen atoms in total. The number of benzene rings is 1. The molecule has 0 bridgehead atoms. The molecule has 1 atom stereocenters. The van der Waals surface area contributed by atoms with Crippen molar-refractivity contribution in [2.75, 3.05) is 20.3 Å². The van der Waals surface area contributed by atoms with Crippen molar-refractivity contribution in [1.29, 1.82) is 0 Å². The Balaban J connectivity index is 1.86. The van der Waals surface area contributed by atoms with Crippen LogP contribution in [0.5, 0.6) is 5.75 Å². The molecule has 1 amide bonds. The number of ether oxygens (including phenoxy) is 2. The summed E-state index contributed by atoms with van der Waals surface area (Å²) < 4.78 is 10.8. The van der Waals surface area contributed by atoms with Crippen LogP contribution in [0, 0.1) is 0 Å². The zero-order valence-electron chi connectivity index (χ0n) is 13.1. The maximum absolute atomic E-state index is 12.1. The fourth-order valence-corrected chi connectivity index (χ4v) is 2.62. The van der Waals surface area contributed by atoms with E-state index in [4.69, 9.17) is 9.47 Å². The highest BCUT2D eigenvalue weighted by molar-refractivity contribution is 5.94. The molecule has 2 N–H and O–H groups in total. The number of aliphatic hydroxyl groups is 1. The molecular formula is C17H25NO4. The minimum atomic E-state index is -0.290. The minimum Gasteiger partial charge on any atom is -0.490 e. The first kappa shape index (κ1) is 16.8. The van der Waals surface area contributed by atoms with Crippen LogP contribution in [0.4, 0.5) is 0 Å². The lowest BCUT2D eigenvalue weighted by Gasteiger charge is -2.16. The number of methoxy groups -OCH3 is 1. The maximum atomic E-state index is 12.1. The van der Waals surface area contributed by atoms with Gasteiger partial charge >= 0.3 is 0 Å². The second kappa shape index (κ2) is 8.76. The van der Waals surface area contributed by atoms with E-state index in [0.29, 0.717) is 24.7 Å². The van der Waals surface area contributed by atoms with E-state index in [2.05, 4.69) is 5.32 Å².